The van der Waals surface area contributed by atoms with Crippen LogP contribution in [0.3, 0.4) is 0 Å². The molecule has 4 N–H and O–H groups in total. The van der Waals surface area contributed by atoms with E-state index in [1.165, 1.54) is 6.92 Å². The molecule has 1 heterocycles. The number of ether oxygens (including phenoxy) is 3. The number of hydrogen-bond acceptors (Lipinski definition) is 7. The SMILES string of the molecule is CN=C(N)NC(C)CO[C@H]1[C@H](OC(C)=O)C[C@]23COC[C@@]1(C)[C@@H]2CC[C@H]1C3=CC(=O)[C@@]2(C)[C@H](C(=O)O)[C@@](C)([C@H](C)C(C)C)CC[C@]12C. The van der Waals surface area contributed by atoms with Crippen molar-refractivity contribution in [2.45, 2.75) is 113 Å². The molecule has 5 rings (SSSR count). The first kappa shape index (κ1) is 35.8. The molecule has 0 aromatic carbocycles. The van der Waals surface area contributed by atoms with Gasteiger partial charge in [0.05, 0.1) is 25.7 Å². The molecule has 2 bridgehead atoms. The van der Waals surface area contributed by atoms with Gasteiger partial charge < -0.3 is 30.4 Å². The molecule has 10 heteroatoms. The van der Waals surface area contributed by atoms with Gasteiger partial charge in [-0.05, 0) is 79.6 Å². The summed E-state index contributed by atoms with van der Waals surface area (Å²) >= 11 is 0. The summed E-state index contributed by atoms with van der Waals surface area (Å²) in [7, 11) is 1.62. The van der Waals surface area contributed by atoms with Crippen molar-refractivity contribution in [2.24, 2.45) is 67.4 Å². The number of aliphatic carboxylic acids is 1. The van der Waals surface area contributed by atoms with Gasteiger partial charge in [0.15, 0.2) is 11.7 Å². The molecule has 1 saturated heterocycles. The lowest BCUT2D eigenvalue weighted by molar-refractivity contribution is -0.266. The van der Waals surface area contributed by atoms with Crippen molar-refractivity contribution in [3.8, 4) is 0 Å². The Morgan fingerprint density at radius 1 is 1.13 bits per heavy atom. The fourth-order valence-electron chi connectivity index (χ4n) is 11.6. The highest BCUT2D eigenvalue weighted by Gasteiger charge is 2.74. The standard InChI is InChI=1S/C37H59N3O7/c1-20(2)22(4)33(6)13-14-35(8)24-11-12-27-34(7)18-45-19-37(27,25(24)15-28(42)36(35,9)29(33)31(43)44)16-26(47-23(5)41)30(34)46-17-21(3)40-32(38)39-10/h15,20-22,24,26-27,29-30H,11-14,16-19H2,1-10H3,(H,43,44)(H3,38,39,40)/t21?,22-,24+,26-,27+,29-,30+,33-,34+,35-,36+,37-/m1/s1. The smallest absolute Gasteiger partial charge is 0.308 e. The van der Waals surface area contributed by atoms with E-state index in [0.717, 1.165) is 31.3 Å². The van der Waals surface area contributed by atoms with E-state index in [2.05, 4.69) is 51.9 Å². The maximum atomic E-state index is 14.8. The lowest BCUT2D eigenvalue weighted by Gasteiger charge is -2.70. The van der Waals surface area contributed by atoms with Gasteiger partial charge in [0.25, 0.3) is 0 Å². The number of carbonyl (C=O) groups is 3. The number of nitrogens with one attached hydrogen (secondary N) is 1. The van der Waals surface area contributed by atoms with Gasteiger partial charge in [0.1, 0.15) is 12.2 Å². The monoisotopic (exact) mass is 657 g/mol. The molecule has 10 nitrogen and oxygen atoms in total. The molecule has 12 atom stereocenters. The van der Waals surface area contributed by atoms with E-state index in [1.54, 1.807) is 7.05 Å². The van der Waals surface area contributed by atoms with E-state index in [9.17, 15) is 19.5 Å². The number of ketones is 1. The number of rotatable bonds is 8. The zero-order chi connectivity index (χ0) is 34.9. The summed E-state index contributed by atoms with van der Waals surface area (Å²) in [5.41, 5.74) is 3.84. The van der Waals surface area contributed by atoms with Gasteiger partial charge in [0.2, 0.25) is 0 Å². The topological polar surface area (TPSA) is 150 Å². The number of nitrogens with zero attached hydrogens (tertiary/aromatic N) is 1. The van der Waals surface area contributed by atoms with Crippen molar-refractivity contribution < 1.29 is 33.7 Å². The summed E-state index contributed by atoms with van der Waals surface area (Å²) in [6.45, 7) is 19.5. The second-order valence-electron chi connectivity index (χ2n) is 17.0. The van der Waals surface area contributed by atoms with Crippen molar-refractivity contribution >= 4 is 23.7 Å². The van der Waals surface area contributed by atoms with Crippen LogP contribution in [0, 0.1) is 56.7 Å². The Morgan fingerprint density at radius 2 is 1.81 bits per heavy atom. The molecular weight excluding hydrogens is 598 g/mol. The van der Waals surface area contributed by atoms with Crippen LogP contribution in [0.25, 0.3) is 0 Å². The Balaban J connectivity index is 1.58. The Bertz CT molecular complexity index is 1350. The van der Waals surface area contributed by atoms with Crippen LogP contribution >= 0.6 is 0 Å². The number of esters is 1. The third kappa shape index (κ3) is 5.17. The molecule has 4 fully saturated rings. The van der Waals surface area contributed by atoms with Crippen LogP contribution in [0.2, 0.25) is 0 Å². The maximum Gasteiger partial charge on any atom is 0.308 e. The number of aliphatic imine (C=N–C) groups is 1. The van der Waals surface area contributed by atoms with Gasteiger partial charge >= 0.3 is 11.9 Å². The molecule has 0 spiro atoms. The van der Waals surface area contributed by atoms with Gasteiger partial charge in [-0.3, -0.25) is 19.4 Å². The van der Waals surface area contributed by atoms with Crippen LogP contribution in [0.15, 0.2) is 16.6 Å². The number of hydrogen-bond donors (Lipinski definition) is 3. The fraction of sp³-hybridized carbons (Fsp3) is 0.838. The Hall–Kier alpha value is -2.46. The van der Waals surface area contributed by atoms with Crippen LogP contribution in [0.1, 0.15) is 94.4 Å². The zero-order valence-corrected chi connectivity index (χ0v) is 30.3. The molecule has 47 heavy (non-hydrogen) atoms. The summed E-state index contributed by atoms with van der Waals surface area (Å²) in [5, 5.41) is 14.1. The molecule has 0 aromatic rings. The first-order chi connectivity index (χ1) is 21.8. The highest BCUT2D eigenvalue weighted by Crippen LogP contribution is 2.74. The van der Waals surface area contributed by atoms with Crippen LogP contribution in [0.5, 0.6) is 0 Å². The number of guanidine groups is 1. The molecule has 0 aromatic heterocycles. The van der Waals surface area contributed by atoms with Crippen molar-refractivity contribution in [2.75, 3.05) is 26.9 Å². The quantitative estimate of drug-likeness (QED) is 0.186. The first-order valence-electron chi connectivity index (χ1n) is 17.7. The molecule has 5 aliphatic rings. The van der Waals surface area contributed by atoms with E-state index in [1.807, 2.05) is 19.9 Å². The van der Waals surface area contributed by atoms with Crippen molar-refractivity contribution in [3.63, 3.8) is 0 Å². The molecule has 3 saturated carbocycles. The number of allylic oxidation sites excluding steroid dienone is 1. The number of carboxylic acids is 1. The molecule has 0 radical (unpaired) electrons. The number of fused-ring (bicyclic) bond motifs is 3. The normalized spacial score (nSPS) is 44.3. The Morgan fingerprint density at radius 3 is 2.40 bits per heavy atom. The molecule has 4 aliphatic carbocycles. The molecular formula is C37H59N3O7. The lowest BCUT2D eigenvalue weighted by atomic mass is 9.34. The predicted molar refractivity (Wildman–Crippen MR) is 179 cm³/mol. The third-order valence-electron chi connectivity index (χ3n) is 14.4. The van der Waals surface area contributed by atoms with Gasteiger partial charge in [0, 0.05) is 36.3 Å². The van der Waals surface area contributed by atoms with Gasteiger partial charge in [-0.25, -0.2) is 0 Å². The highest BCUT2D eigenvalue weighted by atomic mass is 16.6. The zero-order valence-electron chi connectivity index (χ0n) is 30.3. The van der Waals surface area contributed by atoms with Crippen LogP contribution in [0.4, 0.5) is 0 Å². The van der Waals surface area contributed by atoms with Crippen molar-refractivity contribution in [1.82, 2.24) is 5.32 Å². The minimum absolute atomic E-state index is 0.0177. The lowest BCUT2D eigenvalue weighted by Crippen LogP contribution is -2.71. The minimum Gasteiger partial charge on any atom is -0.481 e. The van der Waals surface area contributed by atoms with Gasteiger partial charge in [-0.15, -0.1) is 0 Å². The maximum absolute atomic E-state index is 14.8. The second kappa shape index (κ2) is 12.1. The number of carboxylic acid groups (broad SMARTS) is 1. The fourth-order valence-corrected chi connectivity index (χ4v) is 11.6. The van der Waals surface area contributed by atoms with E-state index in [4.69, 9.17) is 19.9 Å². The van der Waals surface area contributed by atoms with Crippen LogP contribution in [-0.2, 0) is 28.6 Å². The highest BCUT2D eigenvalue weighted by molar-refractivity contribution is 6.00. The van der Waals surface area contributed by atoms with Gasteiger partial charge in [-0.1, -0.05) is 54.0 Å². The summed E-state index contributed by atoms with van der Waals surface area (Å²) in [6.07, 6.45) is 4.66. The van der Waals surface area contributed by atoms with Crippen LogP contribution in [-0.4, -0.2) is 73.9 Å². The number of carbonyl (C=O) groups excluding carboxylic acids is 2. The number of nitrogens with two attached hydrogens (primary N) is 1. The minimum atomic E-state index is -1.06. The predicted octanol–water partition coefficient (Wildman–Crippen LogP) is 4.99. The summed E-state index contributed by atoms with van der Waals surface area (Å²) in [6, 6.07) is -0.124. The van der Waals surface area contributed by atoms with E-state index in [-0.39, 0.29) is 41.5 Å². The van der Waals surface area contributed by atoms with E-state index >= 15 is 0 Å². The van der Waals surface area contributed by atoms with E-state index < -0.39 is 51.2 Å². The van der Waals surface area contributed by atoms with E-state index in [0.29, 0.717) is 32.2 Å². The third-order valence-corrected chi connectivity index (χ3v) is 14.4. The Kier molecular flexibility index (Phi) is 9.26. The first-order valence-corrected chi connectivity index (χ1v) is 17.7. The summed E-state index contributed by atoms with van der Waals surface area (Å²) < 4.78 is 19.2. The average Bonchev–Trinajstić information content (AvgIpc) is 2.97. The molecule has 1 unspecified atom stereocenters. The molecule has 264 valence electrons. The summed E-state index contributed by atoms with van der Waals surface area (Å²) in [4.78, 5) is 44.7. The molecule has 0 amide bonds. The van der Waals surface area contributed by atoms with Crippen molar-refractivity contribution in [3.05, 3.63) is 11.6 Å². The van der Waals surface area contributed by atoms with Crippen LogP contribution < -0.4 is 11.1 Å². The average molecular weight is 658 g/mol. The van der Waals surface area contributed by atoms with Crippen molar-refractivity contribution in [1.29, 1.82) is 0 Å². The Labute approximate surface area is 281 Å². The molecule has 1 aliphatic heterocycles. The van der Waals surface area contributed by atoms with Gasteiger partial charge in [-0.2, -0.15) is 0 Å². The summed E-state index contributed by atoms with van der Waals surface area (Å²) in [5.74, 6) is -1.23. The second-order valence-corrected chi connectivity index (χ2v) is 17.0. The largest absolute Gasteiger partial charge is 0.481 e.